The maximum atomic E-state index is 11.4. The van der Waals surface area contributed by atoms with E-state index in [0.717, 1.165) is 6.08 Å². The third-order valence-electron chi connectivity index (χ3n) is 3.64. The Morgan fingerprint density at radius 1 is 1.10 bits per heavy atom. The van der Waals surface area contributed by atoms with Crippen LogP contribution in [0.2, 0.25) is 0 Å². The highest BCUT2D eigenvalue weighted by molar-refractivity contribution is 5.99. The number of hydrogen-bond donors (Lipinski definition) is 4. The highest BCUT2D eigenvalue weighted by Crippen LogP contribution is 2.43. The van der Waals surface area contributed by atoms with Crippen LogP contribution < -0.4 is 0 Å². The van der Waals surface area contributed by atoms with Gasteiger partial charge >= 0.3 is 11.9 Å². The number of carboxylic acid groups (broad SMARTS) is 2. The molecule has 1 aliphatic rings. The van der Waals surface area contributed by atoms with Crippen molar-refractivity contribution in [2.24, 2.45) is 5.41 Å². The Morgan fingerprint density at radius 3 is 2.15 bits per heavy atom. The number of hydrogen-bond acceptors (Lipinski definition) is 4. The maximum Gasteiger partial charge on any atom is 0.324 e. The van der Waals surface area contributed by atoms with Crippen LogP contribution in [-0.2, 0) is 15.2 Å². The molecule has 0 fully saturated rings. The largest absolute Gasteiger partial charge is 0.480 e. The predicted molar refractivity (Wildman–Crippen MR) is 67.8 cm³/mol. The van der Waals surface area contributed by atoms with Crippen LogP contribution in [-0.4, -0.2) is 38.5 Å². The van der Waals surface area contributed by atoms with Crippen molar-refractivity contribution in [3.63, 3.8) is 0 Å². The first kappa shape index (κ1) is 14.2. The van der Waals surface area contributed by atoms with E-state index in [0.29, 0.717) is 5.56 Å². The summed E-state index contributed by atoms with van der Waals surface area (Å²) >= 11 is 0. The van der Waals surface area contributed by atoms with Crippen molar-refractivity contribution >= 4 is 11.9 Å². The summed E-state index contributed by atoms with van der Waals surface area (Å²) < 4.78 is 0. The molecule has 0 saturated carbocycles. The highest BCUT2D eigenvalue weighted by atomic mass is 16.4. The number of carboxylic acids is 2. The Kier molecular flexibility index (Phi) is 3.37. The van der Waals surface area contributed by atoms with E-state index in [-0.39, 0.29) is 0 Å². The van der Waals surface area contributed by atoms with Gasteiger partial charge in [0.15, 0.2) is 5.41 Å². The van der Waals surface area contributed by atoms with Crippen LogP contribution in [0.3, 0.4) is 0 Å². The Balaban J connectivity index is 2.54. The van der Waals surface area contributed by atoms with Gasteiger partial charge in [0.05, 0.1) is 6.10 Å². The zero-order chi connectivity index (χ0) is 15.0. The van der Waals surface area contributed by atoms with Gasteiger partial charge in [-0.2, -0.15) is 0 Å². The molecule has 1 aromatic carbocycles. The Bertz CT molecular complexity index is 550. The minimum Gasteiger partial charge on any atom is -0.480 e. The van der Waals surface area contributed by atoms with Crippen molar-refractivity contribution < 1.29 is 30.0 Å². The number of aliphatic hydroxyl groups is 2. The Hall–Kier alpha value is -2.18. The maximum absolute atomic E-state index is 11.4. The van der Waals surface area contributed by atoms with Gasteiger partial charge < -0.3 is 20.4 Å². The molecule has 2 unspecified atom stereocenters. The van der Waals surface area contributed by atoms with E-state index in [2.05, 4.69) is 0 Å². The average Bonchev–Trinajstić information content (AvgIpc) is 2.42. The van der Waals surface area contributed by atoms with Crippen molar-refractivity contribution in [1.29, 1.82) is 0 Å². The van der Waals surface area contributed by atoms with Crippen LogP contribution in [0.5, 0.6) is 0 Å². The van der Waals surface area contributed by atoms with Gasteiger partial charge in [0.1, 0.15) is 5.60 Å². The first-order chi connectivity index (χ1) is 9.33. The van der Waals surface area contributed by atoms with Crippen molar-refractivity contribution in [2.45, 2.75) is 18.1 Å². The van der Waals surface area contributed by atoms with Gasteiger partial charge in [0, 0.05) is 6.42 Å². The molecule has 0 bridgehead atoms. The number of aliphatic hydroxyl groups excluding tert-OH is 1. The number of carbonyl (C=O) groups is 2. The second-order valence-corrected chi connectivity index (χ2v) is 4.85. The van der Waals surface area contributed by atoms with Crippen LogP contribution in [0, 0.1) is 5.41 Å². The summed E-state index contributed by atoms with van der Waals surface area (Å²) in [5, 5.41) is 38.8. The van der Waals surface area contributed by atoms with Crippen LogP contribution >= 0.6 is 0 Å². The molecule has 0 aliphatic heterocycles. The van der Waals surface area contributed by atoms with E-state index in [9.17, 15) is 30.0 Å². The molecular weight excluding hydrogens is 264 g/mol. The lowest BCUT2D eigenvalue weighted by Crippen LogP contribution is -2.54. The molecule has 6 nitrogen and oxygen atoms in total. The molecule has 1 aliphatic carbocycles. The van der Waals surface area contributed by atoms with Gasteiger partial charge in [-0.15, -0.1) is 0 Å². The molecule has 106 valence electrons. The normalized spacial score (nSPS) is 28.0. The van der Waals surface area contributed by atoms with Gasteiger partial charge in [-0.25, -0.2) is 0 Å². The summed E-state index contributed by atoms with van der Waals surface area (Å²) in [4.78, 5) is 22.7. The van der Waals surface area contributed by atoms with E-state index in [1.807, 2.05) is 0 Å². The SMILES string of the molecule is O=C(O)C1(C(=O)O)CC(O)(c2ccccc2)C=CC1O. The summed E-state index contributed by atoms with van der Waals surface area (Å²) in [5.41, 5.74) is -3.86. The highest BCUT2D eigenvalue weighted by Gasteiger charge is 2.58. The minimum atomic E-state index is -2.47. The van der Waals surface area contributed by atoms with Crippen LogP contribution in [0.1, 0.15) is 12.0 Å². The third kappa shape index (κ3) is 1.99. The smallest absolute Gasteiger partial charge is 0.324 e. The molecule has 0 radical (unpaired) electrons. The van der Waals surface area contributed by atoms with Crippen molar-refractivity contribution in [3.8, 4) is 0 Å². The van der Waals surface area contributed by atoms with E-state index >= 15 is 0 Å². The minimum absolute atomic E-state index is 0.370. The molecule has 2 atom stereocenters. The lowest BCUT2D eigenvalue weighted by molar-refractivity contribution is -0.178. The van der Waals surface area contributed by atoms with Gasteiger partial charge in [-0.1, -0.05) is 36.4 Å². The summed E-state index contributed by atoms with van der Waals surface area (Å²) in [5.74, 6) is -3.37. The number of aliphatic carboxylic acids is 2. The molecule has 0 aromatic heterocycles. The molecule has 4 N–H and O–H groups in total. The van der Waals surface area contributed by atoms with Crippen molar-refractivity contribution in [3.05, 3.63) is 48.0 Å². The van der Waals surface area contributed by atoms with E-state index in [1.165, 1.54) is 6.08 Å². The van der Waals surface area contributed by atoms with Crippen LogP contribution in [0.25, 0.3) is 0 Å². The lowest BCUT2D eigenvalue weighted by Gasteiger charge is -2.39. The molecule has 20 heavy (non-hydrogen) atoms. The average molecular weight is 278 g/mol. The van der Waals surface area contributed by atoms with Crippen LogP contribution in [0.15, 0.2) is 42.5 Å². The topological polar surface area (TPSA) is 115 Å². The summed E-state index contributed by atoms with van der Waals surface area (Å²) in [7, 11) is 0. The fraction of sp³-hybridized carbons (Fsp3) is 0.286. The summed E-state index contributed by atoms with van der Waals surface area (Å²) in [6, 6.07) is 8.15. The molecule has 0 heterocycles. The van der Waals surface area contributed by atoms with Gasteiger partial charge in [-0.05, 0) is 11.6 Å². The van der Waals surface area contributed by atoms with E-state index in [4.69, 9.17) is 0 Å². The first-order valence-corrected chi connectivity index (χ1v) is 5.95. The molecule has 0 amide bonds. The quantitative estimate of drug-likeness (QED) is 0.468. The van der Waals surface area contributed by atoms with Crippen LogP contribution in [0.4, 0.5) is 0 Å². The molecular formula is C14H14O6. The first-order valence-electron chi connectivity index (χ1n) is 5.95. The molecule has 6 heteroatoms. The molecule has 2 rings (SSSR count). The Labute approximate surface area is 114 Å². The zero-order valence-electron chi connectivity index (χ0n) is 10.4. The fourth-order valence-electron chi connectivity index (χ4n) is 2.42. The van der Waals surface area contributed by atoms with E-state index in [1.54, 1.807) is 30.3 Å². The standard InChI is InChI=1S/C14H14O6/c15-10-6-7-13(20,9-4-2-1-3-5-9)8-14(10,11(16)17)12(18)19/h1-7,10,15,20H,8H2,(H,16,17)(H,18,19). The summed E-state index contributed by atoms with van der Waals surface area (Å²) in [6.07, 6.45) is -0.108. The van der Waals surface area contributed by atoms with Gasteiger partial charge in [0.25, 0.3) is 0 Å². The molecule has 1 aromatic rings. The second-order valence-electron chi connectivity index (χ2n) is 4.85. The predicted octanol–water partition coefficient (Wildman–Crippen LogP) is 0.351. The van der Waals surface area contributed by atoms with Crippen molar-refractivity contribution in [1.82, 2.24) is 0 Å². The number of benzene rings is 1. The Morgan fingerprint density at radius 2 is 1.65 bits per heavy atom. The monoisotopic (exact) mass is 278 g/mol. The lowest BCUT2D eigenvalue weighted by atomic mass is 9.67. The number of rotatable bonds is 3. The van der Waals surface area contributed by atoms with Gasteiger partial charge in [-0.3, -0.25) is 9.59 Å². The fourth-order valence-corrected chi connectivity index (χ4v) is 2.42. The summed E-state index contributed by atoms with van der Waals surface area (Å²) in [6.45, 7) is 0. The second kappa shape index (κ2) is 4.73. The van der Waals surface area contributed by atoms with Gasteiger partial charge in [0.2, 0.25) is 0 Å². The van der Waals surface area contributed by atoms with Crippen molar-refractivity contribution in [2.75, 3.05) is 0 Å². The third-order valence-corrected chi connectivity index (χ3v) is 3.64. The zero-order valence-corrected chi connectivity index (χ0v) is 10.4. The van der Waals surface area contributed by atoms with E-state index < -0.39 is 35.5 Å². The molecule has 0 saturated heterocycles. The molecule has 0 spiro atoms.